The minimum atomic E-state index is -0.386. The Hall–Kier alpha value is -2.34. The van der Waals surface area contributed by atoms with Gasteiger partial charge in [0.1, 0.15) is 6.54 Å². The molecule has 0 fully saturated rings. The molecule has 0 radical (unpaired) electrons. The van der Waals surface area contributed by atoms with Crippen molar-refractivity contribution < 1.29 is 14.3 Å². The lowest BCUT2D eigenvalue weighted by Gasteiger charge is -2.08. The van der Waals surface area contributed by atoms with Gasteiger partial charge in [0.2, 0.25) is 5.91 Å². The summed E-state index contributed by atoms with van der Waals surface area (Å²) in [6.45, 7) is 5.74. The van der Waals surface area contributed by atoms with Crippen molar-refractivity contribution in [3.8, 4) is 0 Å². The SMILES string of the molecule is CCOC(=O)c1ccc(NC(=O)Cn2nc(C)c(Cl)c2C)cc1. The Balaban J connectivity index is 2.00. The van der Waals surface area contributed by atoms with Gasteiger partial charge in [-0.3, -0.25) is 9.48 Å². The van der Waals surface area contributed by atoms with E-state index in [1.807, 2.05) is 6.92 Å². The molecule has 0 bridgehead atoms. The van der Waals surface area contributed by atoms with E-state index in [0.29, 0.717) is 28.6 Å². The topological polar surface area (TPSA) is 73.2 Å². The summed E-state index contributed by atoms with van der Waals surface area (Å²) in [6, 6.07) is 6.51. The van der Waals surface area contributed by atoms with Gasteiger partial charge in [0.05, 0.1) is 28.6 Å². The predicted octanol–water partition coefficient (Wildman–Crippen LogP) is 2.97. The summed E-state index contributed by atoms with van der Waals surface area (Å²) in [7, 11) is 0. The van der Waals surface area contributed by atoms with Gasteiger partial charge in [-0.05, 0) is 45.0 Å². The summed E-state index contributed by atoms with van der Waals surface area (Å²) in [5, 5.41) is 7.53. The van der Waals surface area contributed by atoms with E-state index in [1.165, 1.54) is 0 Å². The number of aryl methyl sites for hydroxylation is 1. The number of nitrogens with one attached hydrogen (secondary N) is 1. The average molecular weight is 336 g/mol. The summed E-state index contributed by atoms with van der Waals surface area (Å²) in [5.41, 5.74) is 2.47. The molecule has 0 unspecified atom stereocenters. The number of nitrogens with zero attached hydrogens (tertiary/aromatic N) is 2. The van der Waals surface area contributed by atoms with Crippen LogP contribution in [0, 0.1) is 13.8 Å². The summed E-state index contributed by atoms with van der Waals surface area (Å²) >= 11 is 6.06. The summed E-state index contributed by atoms with van der Waals surface area (Å²) in [4.78, 5) is 23.6. The molecule has 6 nitrogen and oxygen atoms in total. The summed E-state index contributed by atoms with van der Waals surface area (Å²) in [6.07, 6.45) is 0. The van der Waals surface area contributed by atoms with E-state index in [-0.39, 0.29) is 18.4 Å². The number of hydrogen-bond acceptors (Lipinski definition) is 4. The largest absolute Gasteiger partial charge is 0.462 e. The van der Waals surface area contributed by atoms with Crippen LogP contribution in [0.5, 0.6) is 0 Å². The Morgan fingerprint density at radius 3 is 2.43 bits per heavy atom. The number of esters is 1. The Morgan fingerprint density at radius 2 is 1.91 bits per heavy atom. The normalized spacial score (nSPS) is 10.4. The third kappa shape index (κ3) is 4.10. The van der Waals surface area contributed by atoms with Crippen LogP contribution in [-0.4, -0.2) is 28.3 Å². The molecule has 0 aliphatic rings. The fourth-order valence-electron chi connectivity index (χ4n) is 2.07. The van der Waals surface area contributed by atoms with Gasteiger partial charge in [-0.1, -0.05) is 11.6 Å². The van der Waals surface area contributed by atoms with Crippen LogP contribution in [0.4, 0.5) is 5.69 Å². The minimum Gasteiger partial charge on any atom is -0.462 e. The molecule has 23 heavy (non-hydrogen) atoms. The van der Waals surface area contributed by atoms with Gasteiger partial charge in [0.15, 0.2) is 0 Å². The lowest BCUT2D eigenvalue weighted by atomic mass is 10.2. The fourth-order valence-corrected chi connectivity index (χ4v) is 2.20. The number of benzene rings is 1. The lowest BCUT2D eigenvalue weighted by molar-refractivity contribution is -0.116. The van der Waals surface area contributed by atoms with Crippen LogP contribution >= 0.6 is 11.6 Å². The molecule has 7 heteroatoms. The van der Waals surface area contributed by atoms with Gasteiger partial charge < -0.3 is 10.1 Å². The molecular weight excluding hydrogens is 318 g/mol. The summed E-state index contributed by atoms with van der Waals surface area (Å²) < 4.78 is 6.46. The second kappa shape index (κ2) is 7.28. The van der Waals surface area contributed by atoms with Crippen molar-refractivity contribution in [1.29, 1.82) is 0 Å². The Labute approximate surface area is 139 Å². The van der Waals surface area contributed by atoms with Crippen molar-refractivity contribution in [1.82, 2.24) is 9.78 Å². The number of aromatic nitrogens is 2. The van der Waals surface area contributed by atoms with Crippen molar-refractivity contribution in [3.63, 3.8) is 0 Å². The number of carbonyl (C=O) groups excluding carboxylic acids is 2. The predicted molar refractivity (Wildman–Crippen MR) is 87.7 cm³/mol. The number of hydrogen-bond donors (Lipinski definition) is 1. The highest BCUT2D eigenvalue weighted by atomic mass is 35.5. The molecule has 1 heterocycles. The molecule has 1 amide bonds. The smallest absolute Gasteiger partial charge is 0.338 e. The zero-order chi connectivity index (χ0) is 17.0. The molecule has 0 spiro atoms. The van der Waals surface area contributed by atoms with Crippen molar-refractivity contribution in [2.24, 2.45) is 0 Å². The first kappa shape index (κ1) is 17.0. The van der Waals surface area contributed by atoms with E-state index in [4.69, 9.17) is 16.3 Å². The lowest BCUT2D eigenvalue weighted by Crippen LogP contribution is -2.20. The highest BCUT2D eigenvalue weighted by molar-refractivity contribution is 6.31. The van der Waals surface area contributed by atoms with Gasteiger partial charge in [-0.2, -0.15) is 5.10 Å². The average Bonchev–Trinajstić information content (AvgIpc) is 2.75. The number of anilines is 1. The van der Waals surface area contributed by atoms with Gasteiger partial charge in [-0.15, -0.1) is 0 Å². The maximum absolute atomic E-state index is 12.1. The molecule has 0 saturated heterocycles. The third-order valence-electron chi connectivity index (χ3n) is 3.27. The molecule has 2 aromatic rings. The second-order valence-electron chi connectivity index (χ2n) is 4.99. The van der Waals surface area contributed by atoms with Crippen LogP contribution < -0.4 is 5.32 Å². The van der Waals surface area contributed by atoms with Crippen molar-refractivity contribution in [3.05, 3.63) is 46.2 Å². The number of amides is 1. The van der Waals surface area contributed by atoms with Crippen molar-refractivity contribution >= 4 is 29.2 Å². The highest BCUT2D eigenvalue weighted by Gasteiger charge is 2.12. The molecule has 1 N–H and O–H groups in total. The van der Waals surface area contributed by atoms with Gasteiger partial charge >= 0.3 is 5.97 Å². The Morgan fingerprint density at radius 1 is 1.26 bits per heavy atom. The van der Waals surface area contributed by atoms with E-state index in [9.17, 15) is 9.59 Å². The molecule has 0 saturated carbocycles. The molecule has 122 valence electrons. The maximum Gasteiger partial charge on any atom is 0.338 e. The zero-order valence-electron chi connectivity index (χ0n) is 13.2. The molecule has 1 aromatic heterocycles. The molecular formula is C16H18ClN3O3. The number of ether oxygens (including phenoxy) is 1. The molecule has 0 aliphatic heterocycles. The van der Waals surface area contributed by atoms with E-state index in [2.05, 4.69) is 10.4 Å². The zero-order valence-corrected chi connectivity index (χ0v) is 14.0. The first-order chi connectivity index (χ1) is 10.9. The van der Waals surface area contributed by atoms with Crippen LogP contribution in [0.3, 0.4) is 0 Å². The fraction of sp³-hybridized carbons (Fsp3) is 0.312. The van der Waals surface area contributed by atoms with Crippen molar-refractivity contribution in [2.75, 3.05) is 11.9 Å². The second-order valence-corrected chi connectivity index (χ2v) is 5.37. The van der Waals surface area contributed by atoms with Crippen LogP contribution in [0.1, 0.15) is 28.7 Å². The van der Waals surface area contributed by atoms with E-state index >= 15 is 0 Å². The van der Waals surface area contributed by atoms with Gasteiger partial charge in [-0.25, -0.2) is 4.79 Å². The first-order valence-electron chi connectivity index (χ1n) is 7.19. The summed E-state index contributed by atoms with van der Waals surface area (Å²) in [5.74, 6) is -0.612. The van der Waals surface area contributed by atoms with Gasteiger partial charge in [0, 0.05) is 5.69 Å². The quantitative estimate of drug-likeness (QED) is 0.852. The number of halogens is 1. The number of rotatable bonds is 5. The van der Waals surface area contributed by atoms with Crippen LogP contribution in [0.25, 0.3) is 0 Å². The van der Waals surface area contributed by atoms with Crippen LogP contribution in [0.15, 0.2) is 24.3 Å². The minimum absolute atomic E-state index is 0.0685. The van der Waals surface area contributed by atoms with Crippen molar-refractivity contribution in [2.45, 2.75) is 27.3 Å². The first-order valence-corrected chi connectivity index (χ1v) is 7.56. The maximum atomic E-state index is 12.1. The Kier molecular flexibility index (Phi) is 5.39. The monoisotopic (exact) mass is 335 g/mol. The molecule has 0 aliphatic carbocycles. The standard InChI is InChI=1S/C16H18ClN3O3/c1-4-23-16(22)12-5-7-13(8-6-12)18-14(21)9-20-11(3)15(17)10(2)19-20/h5-8H,4,9H2,1-3H3,(H,18,21). The molecule has 2 rings (SSSR count). The van der Waals surface area contributed by atoms with Crippen LogP contribution in [-0.2, 0) is 16.1 Å². The van der Waals surface area contributed by atoms with Gasteiger partial charge in [0.25, 0.3) is 0 Å². The highest BCUT2D eigenvalue weighted by Crippen LogP contribution is 2.19. The van der Waals surface area contributed by atoms with E-state index in [0.717, 1.165) is 5.69 Å². The van der Waals surface area contributed by atoms with E-state index in [1.54, 1.807) is 42.8 Å². The Bertz CT molecular complexity index is 723. The third-order valence-corrected chi connectivity index (χ3v) is 3.81. The number of carbonyl (C=O) groups is 2. The van der Waals surface area contributed by atoms with E-state index < -0.39 is 0 Å². The molecule has 0 atom stereocenters. The molecule has 1 aromatic carbocycles. The van der Waals surface area contributed by atoms with Crippen LogP contribution in [0.2, 0.25) is 5.02 Å².